The largest absolute Gasteiger partial charge is 0.371 e. The van der Waals surface area contributed by atoms with Crippen molar-refractivity contribution >= 4 is 5.82 Å². The zero-order valence-electron chi connectivity index (χ0n) is 10.6. The van der Waals surface area contributed by atoms with Crippen molar-refractivity contribution in [3.8, 4) is 0 Å². The molecule has 1 N–H and O–H groups in total. The van der Waals surface area contributed by atoms with Gasteiger partial charge in [-0.3, -0.25) is 0 Å². The normalized spacial score (nSPS) is 12.5. The van der Waals surface area contributed by atoms with Crippen LogP contribution in [0.1, 0.15) is 45.3 Å². The standard InChI is InChI=1S/C12H21N3O/c1-5-10-8-11(13-6-2)15-12(14-10)9(4)16-7-3/h8-9H,5-7H2,1-4H3,(H,13,14,15). The van der Waals surface area contributed by atoms with Gasteiger partial charge in [0.25, 0.3) is 0 Å². The highest BCUT2D eigenvalue weighted by molar-refractivity contribution is 5.36. The Kier molecular flexibility index (Phi) is 5.19. The highest BCUT2D eigenvalue weighted by Gasteiger charge is 2.10. The lowest BCUT2D eigenvalue weighted by Gasteiger charge is -2.13. The van der Waals surface area contributed by atoms with Gasteiger partial charge in [0.05, 0.1) is 0 Å². The van der Waals surface area contributed by atoms with Gasteiger partial charge in [-0.25, -0.2) is 9.97 Å². The first-order valence-electron chi connectivity index (χ1n) is 5.94. The molecule has 0 amide bonds. The SMILES string of the molecule is CCNc1cc(CC)nc(C(C)OCC)n1. The first-order valence-corrected chi connectivity index (χ1v) is 5.94. The quantitative estimate of drug-likeness (QED) is 0.805. The average molecular weight is 223 g/mol. The summed E-state index contributed by atoms with van der Waals surface area (Å²) in [6.07, 6.45) is 0.862. The van der Waals surface area contributed by atoms with E-state index in [2.05, 4.69) is 29.1 Å². The Morgan fingerprint density at radius 3 is 2.62 bits per heavy atom. The number of rotatable bonds is 6. The number of nitrogens with zero attached hydrogens (tertiary/aromatic N) is 2. The minimum Gasteiger partial charge on any atom is -0.371 e. The van der Waals surface area contributed by atoms with Crippen LogP contribution in [0, 0.1) is 0 Å². The van der Waals surface area contributed by atoms with Gasteiger partial charge in [-0.15, -0.1) is 0 Å². The van der Waals surface area contributed by atoms with Crippen molar-refractivity contribution in [1.29, 1.82) is 0 Å². The molecule has 4 nitrogen and oxygen atoms in total. The molecular formula is C12H21N3O. The third-order valence-corrected chi connectivity index (χ3v) is 2.30. The van der Waals surface area contributed by atoms with Gasteiger partial charge in [0.1, 0.15) is 11.9 Å². The van der Waals surface area contributed by atoms with Crippen LogP contribution in [0.5, 0.6) is 0 Å². The number of anilines is 1. The van der Waals surface area contributed by atoms with Crippen LogP contribution in [0.25, 0.3) is 0 Å². The second-order valence-electron chi connectivity index (χ2n) is 3.58. The summed E-state index contributed by atoms with van der Waals surface area (Å²) < 4.78 is 5.51. The van der Waals surface area contributed by atoms with Crippen LogP contribution in [-0.4, -0.2) is 23.1 Å². The molecule has 4 heteroatoms. The molecule has 0 aromatic carbocycles. The molecule has 0 fully saturated rings. The Balaban J connectivity index is 2.93. The van der Waals surface area contributed by atoms with Gasteiger partial charge in [0, 0.05) is 24.9 Å². The number of nitrogens with one attached hydrogen (secondary N) is 1. The van der Waals surface area contributed by atoms with Crippen LogP contribution >= 0.6 is 0 Å². The van der Waals surface area contributed by atoms with Gasteiger partial charge < -0.3 is 10.1 Å². The van der Waals surface area contributed by atoms with Crippen molar-refractivity contribution < 1.29 is 4.74 Å². The lowest BCUT2D eigenvalue weighted by Crippen LogP contribution is -2.10. The molecule has 0 spiro atoms. The molecule has 1 unspecified atom stereocenters. The van der Waals surface area contributed by atoms with Crippen molar-refractivity contribution in [1.82, 2.24) is 9.97 Å². The summed E-state index contributed by atoms with van der Waals surface area (Å²) in [5.74, 6) is 1.65. The van der Waals surface area contributed by atoms with E-state index in [1.54, 1.807) is 0 Å². The van der Waals surface area contributed by atoms with Crippen molar-refractivity contribution in [2.24, 2.45) is 0 Å². The fourth-order valence-corrected chi connectivity index (χ4v) is 1.48. The lowest BCUT2D eigenvalue weighted by atomic mass is 10.3. The maximum atomic E-state index is 5.51. The fraction of sp³-hybridized carbons (Fsp3) is 0.667. The third kappa shape index (κ3) is 3.45. The summed E-state index contributed by atoms with van der Waals surface area (Å²) in [5, 5.41) is 3.21. The van der Waals surface area contributed by atoms with Crippen LogP contribution in [0.3, 0.4) is 0 Å². The Morgan fingerprint density at radius 2 is 2.06 bits per heavy atom. The van der Waals surface area contributed by atoms with Gasteiger partial charge >= 0.3 is 0 Å². The van der Waals surface area contributed by atoms with Gasteiger partial charge in [0.15, 0.2) is 5.82 Å². The molecule has 1 aromatic heterocycles. The lowest BCUT2D eigenvalue weighted by molar-refractivity contribution is 0.0700. The minimum absolute atomic E-state index is 0.0473. The van der Waals surface area contributed by atoms with E-state index in [4.69, 9.17) is 4.74 Å². The van der Waals surface area contributed by atoms with E-state index >= 15 is 0 Å². The fourth-order valence-electron chi connectivity index (χ4n) is 1.48. The third-order valence-electron chi connectivity index (χ3n) is 2.30. The van der Waals surface area contributed by atoms with Crippen LogP contribution < -0.4 is 5.32 Å². The second kappa shape index (κ2) is 6.43. The highest BCUT2D eigenvalue weighted by Crippen LogP contribution is 2.16. The Hall–Kier alpha value is -1.16. The van der Waals surface area contributed by atoms with Crippen molar-refractivity contribution in [2.45, 2.75) is 40.2 Å². The van der Waals surface area contributed by atoms with E-state index < -0.39 is 0 Å². The minimum atomic E-state index is -0.0473. The summed E-state index contributed by atoms with van der Waals surface area (Å²) >= 11 is 0. The van der Waals surface area contributed by atoms with E-state index in [0.29, 0.717) is 6.61 Å². The first-order chi connectivity index (χ1) is 7.71. The summed E-state index contributed by atoms with van der Waals surface area (Å²) in [5.41, 5.74) is 1.05. The molecule has 1 heterocycles. The Morgan fingerprint density at radius 1 is 1.31 bits per heavy atom. The maximum Gasteiger partial charge on any atom is 0.159 e. The topological polar surface area (TPSA) is 47.0 Å². The number of aryl methyl sites for hydroxylation is 1. The monoisotopic (exact) mass is 223 g/mol. The van der Waals surface area contributed by atoms with Crippen LogP contribution in [-0.2, 0) is 11.2 Å². The van der Waals surface area contributed by atoms with Crippen LogP contribution in [0.15, 0.2) is 6.07 Å². The number of hydrogen-bond acceptors (Lipinski definition) is 4. The molecule has 0 bridgehead atoms. The van der Waals surface area contributed by atoms with E-state index in [1.807, 2.05) is 19.9 Å². The smallest absolute Gasteiger partial charge is 0.159 e. The van der Waals surface area contributed by atoms with Gasteiger partial charge in [-0.2, -0.15) is 0 Å². The van der Waals surface area contributed by atoms with Gasteiger partial charge in [-0.05, 0) is 27.2 Å². The molecule has 0 aliphatic carbocycles. The van der Waals surface area contributed by atoms with E-state index in [0.717, 1.165) is 30.3 Å². The number of hydrogen-bond donors (Lipinski definition) is 1. The molecule has 0 saturated carbocycles. The average Bonchev–Trinajstić information content (AvgIpc) is 2.29. The number of ether oxygens (including phenoxy) is 1. The van der Waals surface area contributed by atoms with Gasteiger partial charge in [-0.1, -0.05) is 6.92 Å². The second-order valence-corrected chi connectivity index (χ2v) is 3.58. The Labute approximate surface area is 97.5 Å². The van der Waals surface area contributed by atoms with Gasteiger partial charge in [0.2, 0.25) is 0 Å². The van der Waals surface area contributed by atoms with Crippen molar-refractivity contribution in [3.05, 3.63) is 17.6 Å². The van der Waals surface area contributed by atoms with Crippen LogP contribution in [0.2, 0.25) is 0 Å². The van der Waals surface area contributed by atoms with Crippen molar-refractivity contribution in [3.63, 3.8) is 0 Å². The van der Waals surface area contributed by atoms with Crippen molar-refractivity contribution in [2.75, 3.05) is 18.5 Å². The molecule has 1 rings (SSSR count). The molecule has 90 valence electrons. The zero-order chi connectivity index (χ0) is 12.0. The van der Waals surface area contributed by atoms with Crippen LogP contribution in [0.4, 0.5) is 5.82 Å². The Bertz CT molecular complexity index is 328. The zero-order valence-corrected chi connectivity index (χ0v) is 10.6. The summed E-state index contributed by atoms with van der Waals surface area (Å²) in [7, 11) is 0. The molecule has 16 heavy (non-hydrogen) atoms. The molecule has 1 aromatic rings. The molecule has 0 radical (unpaired) electrons. The van der Waals surface area contributed by atoms with E-state index in [9.17, 15) is 0 Å². The van der Waals surface area contributed by atoms with E-state index in [1.165, 1.54) is 0 Å². The predicted molar refractivity (Wildman–Crippen MR) is 65.6 cm³/mol. The molecule has 1 atom stereocenters. The number of aromatic nitrogens is 2. The summed E-state index contributed by atoms with van der Waals surface area (Å²) in [4.78, 5) is 8.92. The summed E-state index contributed by atoms with van der Waals surface area (Å²) in [6.45, 7) is 9.64. The van der Waals surface area contributed by atoms with E-state index in [-0.39, 0.29) is 6.10 Å². The molecule has 0 aliphatic heterocycles. The maximum absolute atomic E-state index is 5.51. The molecular weight excluding hydrogens is 202 g/mol. The molecule has 0 saturated heterocycles. The highest BCUT2D eigenvalue weighted by atomic mass is 16.5. The molecule has 0 aliphatic rings. The predicted octanol–water partition coefficient (Wildman–Crippen LogP) is 2.57. The summed E-state index contributed by atoms with van der Waals surface area (Å²) in [6, 6.07) is 1.99. The first kappa shape index (κ1) is 12.9.